The van der Waals surface area contributed by atoms with E-state index in [1.54, 1.807) is 13.1 Å². The van der Waals surface area contributed by atoms with Gasteiger partial charge in [-0.25, -0.2) is 9.78 Å². The predicted molar refractivity (Wildman–Crippen MR) is 98.5 cm³/mol. The van der Waals surface area contributed by atoms with Gasteiger partial charge in [0, 0.05) is 23.7 Å². The number of carbonyl (C=O) groups is 1. The Morgan fingerprint density at radius 2 is 1.88 bits per heavy atom. The number of rotatable bonds is 7. The Bertz CT molecular complexity index is 677. The van der Waals surface area contributed by atoms with Crippen LogP contribution in [0.25, 0.3) is 11.5 Å². The molecule has 0 aliphatic heterocycles. The van der Waals surface area contributed by atoms with Gasteiger partial charge in [-0.2, -0.15) is 0 Å². The molecule has 2 aromatic rings. The van der Waals surface area contributed by atoms with E-state index in [1.165, 1.54) is 0 Å². The van der Waals surface area contributed by atoms with E-state index in [4.69, 9.17) is 4.42 Å². The summed E-state index contributed by atoms with van der Waals surface area (Å²) < 4.78 is 5.72. The van der Waals surface area contributed by atoms with Crippen molar-refractivity contribution in [3.63, 3.8) is 0 Å². The molecule has 0 radical (unpaired) electrons. The molecule has 0 aliphatic rings. The van der Waals surface area contributed by atoms with Crippen molar-refractivity contribution in [1.82, 2.24) is 10.3 Å². The van der Waals surface area contributed by atoms with Gasteiger partial charge in [0.15, 0.2) is 0 Å². The molecule has 3 N–H and O–H groups in total. The maximum Gasteiger partial charge on any atom is 0.319 e. The zero-order chi connectivity index (χ0) is 18.4. The molecule has 2 amide bonds. The normalized spacial score (nSPS) is 13.5. The first-order chi connectivity index (χ1) is 11.8. The first kappa shape index (κ1) is 19.0. The largest absolute Gasteiger partial charge is 0.441 e. The second-order valence-electron chi connectivity index (χ2n) is 6.82. The Balaban J connectivity index is 1.88. The maximum absolute atomic E-state index is 11.9. The SMILES string of the molecule is CC(C)c1cnc(-c2ccc(NC(=O)NC[C@H](C)C[C@@H](C)O)cc2)o1. The highest BCUT2D eigenvalue weighted by molar-refractivity contribution is 5.89. The molecule has 0 saturated carbocycles. The number of aliphatic hydroxyl groups excluding tert-OH is 1. The third-order valence-electron chi connectivity index (χ3n) is 3.84. The third-order valence-corrected chi connectivity index (χ3v) is 3.84. The lowest BCUT2D eigenvalue weighted by Crippen LogP contribution is -2.33. The summed E-state index contributed by atoms with van der Waals surface area (Å²) in [6.07, 6.45) is 2.04. The van der Waals surface area contributed by atoms with Crippen LogP contribution in [0.2, 0.25) is 0 Å². The van der Waals surface area contributed by atoms with Gasteiger partial charge in [-0.3, -0.25) is 0 Å². The van der Waals surface area contributed by atoms with Crippen LogP contribution in [0, 0.1) is 5.92 Å². The summed E-state index contributed by atoms with van der Waals surface area (Å²) in [5, 5.41) is 14.9. The Hall–Kier alpha value is -2.34. The van der Waals surface area contributed by atoms with Crippen molar-refractivity contribution in [2.24, 2.45) is 5.92 Å². The van der Waals surface area contributed by atoms with Crippen LogP contribution in [0.1, 0.15) is 45.8 Å². The molecule has 0 aliphatic carbocycles. The summed E-state index contributed by atoms with van der Waals surface area (Å²) in [4.78, 5) is 16.2. The van der Waals surface area contributed by atoms with Gasteiger partial charge in [0.05, 0.1) is 12.3 Å². The molecule has 0 saturated heterocycles. The lowest BCUT2D eigenvalue weighted by Gasteiger charge is -2.14. The molecule has 6 heteroatoms. The Morgan fingerprint density at radius 1 is 1.20 bits per heavy atom. The molecule has 2 atom stereocenters. The molecule has 1 aromatic heterocycles. The summed E-state index contributed by atoms with van der Waals surface area (Å²) >= 11 is 0. The van der Waals surface area contributed by atoms with Crippen LogP contribution in [0.15, 0.2) is 34.9 Å². The zero-order valence-electron chi connectivity index (χ0n) is 15.2. The first-order valence-corrected chi connectivity index (χ1v) is 8.64. The van der Waals surface area contributed by atoms with E-state index in [2.05, 4.69) is 29.5 Å². The van der Waals surface area contributed by atoms with Gasteiger partial charge >= 0.3 is 6.03 Å². The Kier molecular flexibility index (Phi) is 6.58. The molecule has 0 fully saturated rings. The van der Waals surface area contributed by atoms with Gasteiger partial charge in [-0.15, -0.1) is 0 Å². The summed E-state index contributed by atoms with van der Waals surface area (Å²) in [5.41, 5.74) is 1.56. The van der Waals surface area contributed by atoms with Crippen LogP contribution in [0.3, 0.4) is 0 Å². The molecule has 0 bridgehead atoms. The number of nitrogens with one attached hydrogen (secondary N) is 2. The van der Waals surface area contributed by atoms with Crippen molar-refractivity contribution in [3.05, 3.63) is 36.2 Å². The molecule has 0 unspecified atom stereocenters. The fourth-order valence-corrected chi connectivity index (χ4v) is 2.49. The predicted octanol–water partition coefficient (Wildman–Crippen LogP) is 3.99. The minimum Gasteiger partial charge on any atom is -0.441 e. The van der Waals surface area contributed by atoms with Gasteiger partial charge in [0.25, 0.3) is 0 Å². The van der Waals surface area contributed by atoms with Crippen LogP contribution in [0.5, 0.6) is 0 Å². The van der Waals surface area contributed by atoms with E-state index < -0.39 is 0 Å². The molecule has 2 rings (SSSR count). The lowest BCUT2D eigenvalue weighted by molar-refractivity contribution is 0.163. The van der Waals surface area contributed by atoms with E-state index in [-0.39, 0.29) is 18.1 Å². The van der Waals surface area contributed by atoms with Gasteiger partial charge in [-0.1, -0.05) is 20.8 Å². The van der Waals surface area contributed by atoms with Crippen LogP contribution in [0.4, 0.5) is 10.5 Å². The van der Waals surface area contributed by atoms with Crippen molar-refractivity contribution in [2.75, 3.05) is 11.9 Å². The quantitative estimate of drug-likeness (QED) is 0.708. The number of hydrogen-bond donors (Lipinski definition) is 3. The number of aliphatic hydroxyl groups is 1. The van der Waals surface area contributed by atoms with Gasteiger partial charge in [0.1, 0.15) is 5.76 Å². The van der Waals surface area contributed by atoms with E-state index in [1.807, 2.05) is 31.2 Å². The highest BCUT2D eigenvalue weighted by atomic mass is 16.4. The Labute approximate surface area is 148 Å². The van der Waals surface area contributed by atoms with Crippen molar-refractivity contribution in [1.29, 1.82) is 0 Å². The van der Waals surface area contributed by atoms with Crippen LogP contribution in [-0.4, -0.2) is 28.8 Å². The highest BCUT2D eigenvalue weighted by Crippen LogP contribution is 2.24. The minimum atomic E-state index is -0.362. The van der Waals surface area contributed by atoms with Gasteiger partial charge in [0.2, 0.25) is 5.89 Å². The molecular formula is C19H27N3O3. The van der Waals surface area contributed by atoms with Crippen molar-refractivity contribution in [3.8, 4) is 11.5 Å². The zero-order valence-corrected chi connectivity index (χ0v) is 15.2. The van der Waals surface area contributed by atoms with Gasteiger partial charge in [-0.05, 0) is 43.5 Å². The second-order valence-corrected chi connectivity index (χ2v) is 6.82. The molecule has 1 heterocycles. The van der Waals surface area contributed by atoms with Crippen LogP contribution >= 0.6 is 0 Å². The third kappa shape index (κ3) is 5.90. The number of urea groups is 1. The first-order valence-electron chi connectivity index (χ1n) is 8.64. The number of oxazole rings is 1. The van der Waals surface area contributed by atoms with E-state index in [0.717, 1.165) is 11.3 Å². The number of aromatic nitrogens is 1. The summed E-state index contributed by atoms with van der Waals surface area (Å²) in [5.74, 6) is 1.94. The van der Waals surface area contributed by atoms with E-state index in [9.17, 15) is 9.90 Å². The fourth-order valence-electron chi connectivity index (χ4n) is 2.49. The highest BCUT2D eigenvalue weighted by Gasteiger charge is 2.11. The number of nitrogens with zero attached hydrogens (tertiary/aromatic N) is 1. The topological polar surface area (TPSA) is 87.4 Å². The van der Waals surface area contributed by atoms with Crippen molar-refractivity contribution < 1.29 is 14.3 Å². The van der Waals surface area contributed by atoms with Gasteiger partial charge < -0.3 is 20.2 Å². The van der Waals surface area contributed by atoms with Crippen molar-refractivity contribution in [2.45, 2.75) is 46.1 Å². The fraction of sp³-hybridized carbons (Fsp3) is 0.474. The number of carbonyl (C=O) groups excluding carboxylic acids is 1. The monoisotopic (exact) mass is 345 g/mol. The van der Waals surface area contributed by atoms with Crippen LogP contribution in [-0.2, 0) is 0 Å². The molecule has 0 spiro atoms. The number of hydrogen-bond acceptors (Lipinski definition) is 4. The summed E-state index contributed by atoms with van der Waals surface area (Å²) in [6, 6.07) is 7.09. The summed E-state index contributed by atoms with van der Waals surface area (Å²) in [7, 11) is 0. The summed E-state index contributed by atoms with van der Waals surface area (Å²) in [6.45, 7) is 8.36. The van der Waals surface area contributed by atoms with E-state index >= 15 is 0 Å². The van der Waals surface area contributed by atoms with Crippen molar-refractivity contribution >= 4 is 11.7 Å². The second kappa shape index (κ2) is 8.67. The smallest absolute Gasteiger partial charge is 0.319 e. The minimum absolute atomic E-state index is 0.216. The average molecular weight is 345 g/mol. The molecular weight excluding hydrogens is 318 g/mol. The average Bonchev–Trinajstić information content (AvgIpc) is 3.03. The molecule has 25 heavy (non-hydrogen) atoms. The standard InChI is InChI=1S/C19H27N3O3/c1-12(2)17-11-20-18(25-17)15-5-7-16(8-6-15)22-19(24)21-10-13(3)9-14(4)23/h5-8,11-14,23H,9-10H2,1-4H3,(H2,21,22,24)/t13-,14-/m1/s1. The maximum atomic E-state index is 11.9. The molecule has 1 aromatic carbocycles. The molecule has 136 valence electrons. The number of benzene rings is 1. The van der Waals surface area contributed by atoms with Crippen LogP contribution < -0.4 is 10.6 Å². The lowest BCUT2D eigenvalue weighted by atomic mass is 10.1. The number of amides is 2. The number of anilines is 1. The molecule has 6 nitrogen and oxygen atoms in total. The Morgan fingerprint density at radius 3 is 2.44 bits per heavy atom. The van der Waals surface area contributed by atoms with E-state index in [0.29, 0.717) is 30.5 Å².